The Morgan fingerprint density at radius 2 is 2.05 bits per heavy atom. The lowest BCUT2D eigenvalue weighted by molar-refractivity contribution is 0.0821. The van der Waals surface area contributed by atoms with Crippen LogP contribution in [0.4, 0.5) is 5.69 Å². The van der Waals surface area contributed by atoms with Gasteiger partial charge in [0.05, 0.1) is 5.56 Å². The number of nitrogens with one attached hydrogen (secondary N) is 2. The van der Waals surface area contributed by atoms with E-state index in [4.69, 9.17) is 0 Å². The molecule has 1 amide bonds. The maximum absolute atomic E-state index is 12.6. The zero-order chi connectivity index (χ0) is 14.6. The molecule has 20 heavy (non-hydrogen) atoms. The van der Waals surface area contributed by atoms with Gasteiger partial charge in [0.15, 0.2) is 0 Å². The molecule has 0 saturated heterocycles. The van der Waals surface area contributed by atoms with Gasteiger partial charge in [0, 0.05) is 17.8 Å². The molecule has 2 rings (SSSR count). The molecule has 1 saturated carbocycles. The molecule has 0 aromatic heterocycles. The Morgan fingerprint density at radius 1 is 1.30 bits per heavy atom. The quantitative estimate of drug-likeness (QED) is 0.826. The second-order valence-corrected chi connectivity index (χ2v) is 5.92. The van der Waals surface area contributed by atoms with Gasteiger partial charge in [0.25, 0.3) is 5.91 Å². The van der Waals surface area contributed by atoms with Gasteiger partial charge < -0.3 is 10.6 Å². The first-order chi connectivity index (χ1) is 9.60. The van der Waals surface area contributed by atoms with Gasteiger partial charge in [-0.25, -0.2) is 0 Å². The van der Waals surface area contributed by atoms with Crippen LogP contribution in [0.1, 0.15) is 61.9 Å². The van der Waals surface area contributed by atoms with E-state index in [0.717, 1.165) is 49.0 Å². The van der Waals surface area contributed by atoms with Crippen molar-refractivity contribution in [3.05, 3.63) is 29.3 Å². The number of carbonyl (C=O) groups is 1. The van der Waals surface area contributed by atoms with Gasteiger partial charge in [-0.05, 0) is 51.2 Å². The average molecular weight is 274 g/mol. The van der Waals surface area contributed by atoms with E-state index >= 15 is 0 Å². The average Bonchev–Trinajstić information content (AvgIpc) is 2.41. The third-order valence-electron chi connectivity index (χ3n) is 4.35. The van der Waals surface area contributed by atoms with Crippen molar-refractivity contribution in [2.75, 3.05) is 11.9 Å². The molecule has 0 aliphatic heterocycles. The SMILES string of the molecule is CCCNc1ccc(C)cc1C(=O)NC1(CC)CCC1. The molecule has 0 heterocycles. The highest BCUT2D eigenvalue weighted by Gasteiger charge is 2.36. The van der Waals surface area contributed by atoms with Crippen molar-refractivity contribution >= 4 is 11.6 Å². The van der Waals surface area contributed by atoms with Crippen LogP contribution >= 0.6 is 0 Å². The van der Waals surface area contributed by atoms with Crippen molar-refractivity contribution in [2.24, 2.45) is 0 Å². The van der Waals surface area contributed by atoms with Crippen molar-refractivity contribution in [1.82, 2.24) is 5.32 Å². The van der Waals surface area contributed by atoms with Crippen LogP contribution < -0.4 is 10.6 Å². The minimum atomic E-state index is 0.0445. The highest BCUT2D eigenvalue weighted by Crippen LogP contribution is 2.35. The highest BCUT2D eigenvalue weighted by molar-refractivity contribution is 6.00. The number of rotatable bonds is 6. The molecule has 1 aromatic carbocycles. The molecule has 1 aliphatic carbocycles. The van der Waals surface area contributed by atoms with Gasteiger partial charge >= 0.3 is 0 Å². The van der Waals surface area contributed by atoms with Crippen LogP contribution in [0, 0.1) is 6.92 Å². The molecular formula is C17H26N2O. The first-order valence-corrected chi connectivity index (χ1v) is 7.77. The number of amides is 1. The number of aryl methyl sites for hydroxylation is 1. The van der Waals surface area contributed by atoms with Gasteiger partial charge in [-0.3, -0.25) is 4.79 Å². The summed E-state index contributed by atoms with van der Waals surface area (Å²) in [5.41, 5.74) is 2.89. The van der Waals surface area contributed by atoms with E-state index in [-0.39, 0.29) is 11.4 Å². The molecule has 0 spiro atoms. The van der Waals surface area contributed by atoms with E-state index in [1.54, 1.807) is 0 Å². The summed E-state index contributed by atoms with van der Waals surface area (Å²) in [6.45, 7) is 7.20. The zero-order valence-electron chi connectivity index (χ0n) is 12.9. The maximum Gasteiger partial charge on any atom is 0.253 e. The van der Waals surface area contributed by atoms with E-state index in [9.17, 15) is 4.79 Å². The topological polar surface area (TPSA) is 41.1 Å². The van der Waals surface area contributed by atoms with Crippen molar-refractivity contribution in [1.29, 1.82) is 0 Å². The molecule has 1 aromatic rings. The van der Waals surface area contributed by atoms with Crippen LogP contribution in [0.25, 0.3) is 0 Å². The zero-order valence-corrected chi connectivity index (χ0v) is 12.9. The Bertz CT molecular complexity index is 472. The van der Waals surface area contributed by atoms with Crippen LogP contribution in [-0.2, 0) is 0 Å². The third-order valence-corrected chi connectivity index (χ3v) is 4.35. The van der Waals surface area contributed by atoms with Gasteiger partial charge in [-0.15, -0.1) is 0 Å². The number of anilines is 1. The van der Waals surface area contributed by atoms with E-state index in [0.29, 0.717) is 0 Å². The molecule has 2 N–H and O–H groups in total. The van der Waals surface area contributed by atoms with Crippen molar-refractivity contribution in [2.45, 2.75) is 58.4 Å². The summed E-state index contributed by atoms with van der Waals surface area (Å²) in [4.78, 5) is 12.6. The van der Waals surface area contributed by atoms with E-state index in [1.807, 2.05) is 25.1 Å². The normalized spacial score (nSPS) is 16.4. The Balaban J connectivity index is 2.17. The lowest BCUT2D eigenvalue weighted by atomic mass is 9.74. The molecule has 0 radical (unpaired) electrons. The Hall–Kier alpha value is -1.51. The van der Waals surface area contributed by atoms with E-state index < -0.39 is 0 Å². The molecular weight excluding hydrogens is 248 g/mol. The molecule has 3 heteroatoms. The highest BCUT2D eigenvalue weighted by atomic mass is 16.1. The summed E-state index contributed by atoms with van der Waals surface area (Å²) in [7, 11) is 0. The van der Waals surface area contributed by atoms with Crippen LogP contribution in [0.2, 0.25) is 0 Å². The summed E-state index contributed by atoms with van der Waals surface area (Å²) in [5, 5.41) is 6.61. The van der Waals surface area contributed by atoms with Gasteiger partial charge in [-0.2, -0.15) is 0 Å². The van der Waals surface area contributed by atoms with Crippen molar-refractivity contribution in [3.63, 3.8) is 0 Å². The largest absolute Gasteiger partial charge is 0.384 e. The molecule has 0 bridgehead atoms. The molecule has 1 fully saturated rings. The minimum absolute atomic E-state index is 0.0445. The van der Waals surface area contributed by atoms with Crippen LogP contribution in [-0.4, -0.2) is 18.0 Å². The molecule has 3 nitrogen and oxygen atoms in total. The van der Waals surface area contributed by atoms with E-state index in [1.165, 1.54) is 6.42 Å². The fourth-order valence-electron chi connectivity index (χ4n) is 2.74. The maximum atomic E-state index is 12.6. The van der Waals surface area contributed by atoms with Gasteiger partial charge in [0.1, 0.15) is 0 Å². The number of benzene rings is 1. The lowest BCUT2D eigenvalue weighted by Crippen LogP contribution is -2.53. The summed E-state index contributed by atoms with van der Waals surface area (Å²) < 4.78 is 0. The number of carbonyl (C=O) groups excluding carboxylic acids is 1. The molecule has 0 atom stereocenters. The van der Waals surface area contributed by atoms with Crippen LogP contribution in [0.5, 0.6) is 0 Å². The molecule has 0 unspecified atom stereocenters. The van der Waals surface area contributed by atoms with Gasteiger partial charge in [0.2, 0.25) is 0 Å². The van der Waals surface area contributed by atoms with E-state index in [2.05, 4.69) is 24.5 Å². The summed E-state index contributed by atoms with van der Waals surface area (Å²) in [6.07, 6.45) is 5.51. The second kappa shape index (κ2) is 6.29. The van der Waals surface area contributed by atoms with Crippen molar-refractivity contribution in [3.8, 4) is 0 Å². The third kappa shape index (κ3) is 3.14. The fourth-order valence-corrected chi connectivity index (χ4v) is 2.74. The Labute approximate surface area is 122 Å². The Kier molecular flexibility index (Phi) is 4.69. The molecule has 110 valence electrons. The lowest BCUT2D eigenvalue weighted by Gasteiger charge is -2.42. The first kappa shape index (κ1) is 14.9. The number of hydrogen-bond acceptors (Lipinski definition) is 2. The minimum Gasteiger partial charge on any atom is -0.384 e. The fraction of sp³-hybridized carbons (Fsp3) is 0.588. The van der Waals surface area contributed by atoms with Crippen LogP contribution in [0.15, 0.2) is 18.2 Å². The van der Waals surface area contributed by atoms with Gasteiger partial charge in [-0.1, -0.05) is 25.5 Å². The monoisotopic (exact) mass is 274 g/mol. The summed E-state index contributed by atoms with van der Waals surface area (Å²) >= 11 is 0. The Morgan fingerprint density at radius 3 is 2.60 bits per heavy atom. The predicted molar refractivity (Wildman–Crippen MR) is 84.3 cm³/mol. The second-order valence-electron chi connectivity index (χ2n) is 5.92. The predicted octanol–water partition coefficient (Wildman–Crippen LogP) is 3.88. The molecule has 1 aliphatic rings. The summed E-state index contributed by atoms with van der Waals surface area (Å²) in [5.74, 6) is 0.0638. The number of hydrogen-bond donors (Lipinski definition) is 2. The smallest absolute Gasteiger partial charge is 0.253 e. The van der Waals surface area contributed by atoms with Crippen LogP contribution in [0.3, 0.4) is 0 Å². The van der Waals surface area contributed by atoms with Crippen molar-refractivity contribution < 1.29 is 4.79 Å². The first-order valence-electron chi connectivity index (χ1n) is 7.77. The standard InChI is InChI=1S/C17H26N2O/c1-4-11-18-15-8-7-13(3)12-14(15)16(20)19-17(5-2)9-6-10-17/h7-8,12,18H,4-6,9-11H2,1-3H3,(H,19,20). The summed E-state index contributed by atoms with van der Waals surface area (Å²) in [6, 6.07) is 6.04.